The molecule has 1 saturated heterocycles. The first-order valence-electron chi connectivity index (χ1n) is 10.3. The van der Waals surface area contributed by atoms with Gasteiger partial charge in [0.05, 0.1) is 29.8 Å². The molecule has 1 aliphatic rings. The number of amides is 2. The van der Waals surface area contributed by atoms with Crippen LogP contribution in [0.3, 0.4) is 0 Å². The SMILES string of the molecule is COc1cccc(NC(=O)c2ccccc2NC(=O)c2ccc(N3CCCS3(=O)=O)cc2)c1. The zero-order chi connectivity index (χ0) is 23.4. The maximum Gasteiger partial charge on any atom is 0.257 e. The van der Waals surface area contributed by atoms with Crippen LogP contribution in [0.25, 0.3) is 0 Å². The molecule has 0 bridgehead atoms. The van der Waals surface area contributed by atoms with Gasteiger partial charge in [0.25, 0.3) is 11.8 Å². The van der Waals surface area contributed by atoms with Gasteiger partial charge in [-0.3, -0.25) is 13.9 Å². The van der Waals surface area contributed by atoms with Crippen LogP contribution in [0.5, 0.6) is 5.75 Å². The van der Waals surface area contributed by atoms with Crippen LogP contribution in [0.4, 0.5) is 17.1 Å². The zero-order valence-electron chi connectivity index (χ0n) is 17.9. The molecule has 4 rings (SSSR count). The van der Waals surface area contributed by atoms with Crippen LogP contribution in [-0.4, -0.2) is 39.6 Å². The van der Waals surface area contributed by atoms with Crippen molar-refractivity contribution in [3.63, 3.8) is 0 Å². The second kappa shape index (κ2) is 9.33. The number of hydrogen-bond donors (Lipinski definition) is 2. The minimum absolute atomic E-state index is 0.129. The molecular weight excluding hydrogens is 442 g/mol. The molecule has 3 aromatic rings. The Kier molecular flexibility index (Phi) is 6.32. The number of nitrogens with one attached hydrogen (secondary N) is 2. The van der Waals surface area contributed by atoms with Crippen molar-refractivity contribution < 1.29 is 22.7 Å². The molecule has 0 unspecified atom stereocenters. The Morgan fingerprint density at radius 1 is 0.909 bits per heavy atom. The van der Waals surface area contributed by atoms with Crippen LogP contribution < -0.4 is 19.7 Å². The standard InChI is InChI=1S/C24H23N3O5S/c1-32-20-7-4-6-18(16-20)25-24(29)21-8-2-3-9-22(21)26-23(28)17-10-12-19(13-11-17)27-14-5-15-33(27,30)31/h2-4,6-13,16H,5,14-15H2,1H3,(H,25,29)(H,26,28). The molecule has 0 atom stereocenters. The Morgan fingerprint density at radius 2 is 1.67 bits per heavy atom. The third-order valence-corrected chi connectivity index (χ3v) is 7.13. The van der Waals surface area contributed by atoms with Crippen molar-refractivity contribution in [1.29, 1.82) is 0 Å². The fourth-order valence-corrected chi connectivity index (χ4v) is 5.16. The average molecular weight is 466 g/mol. The Hall–Kier alpha value is -3.85. The molecule has 2 amide bonds. The first-order chi connectivity index (χ1) is 15.9. The minimum Gasteiger partial charge on any atom is -0.497 e. The van der Waals surface area contributed by atoms with Crippen molar-refractivity contribution in [2.75, 3.05) is 34.3 Å². The fraction of sp³-hybridized carbons (Fsp3) is 0.167. The highest BCUT2D eigenvalue weighted by Gasteiger charge is 2.28. The summed E-state index contributed by atoms with van der Waals surface area (Å²) >= 11 is 0. The van der Waals surface area contributed by atoms with E-state index in [2.05, 4.69) is 10.6 Å². The third kappa shape index (κ3) is 4.98. The van der Waals surface area contributed by atoms with Crippen LogP contribution in [-0.2, 0) is 10.0 Å². The number of sulfonamides is 1. The van der Waals surface area contributed by atoms with Crippen molar-refractivity contribution in [3.8, 4) is 5.75 Å². The molecule has 1 aliphatic heterocycles. The smallest absolute Gasteiger partial charge is 0.257 e. The van der Waals surface area contributed by atoms with Gasteiger partial charge in [-0.1, -0.05) is 18.2 Å². The number of para-hydroxylation sites is 1. The predicted octanol–water partition coefficient (Wildman–Crippen LogP) is 3.74. The molecule has 0 aliphatic carbocycles. The van der Waals surface area contributed by atoms with Gasteiger partial charge in [0.1, 0.15) is 5.75 Å². The summed E-state index contributed by atoms with van der Waals surface area (Å²) in [7, 11) is -1.74. The lowest BCUT2D eigenvalue weighted by molar-refractivity contribution is 0.102. The summed E-state index contributed by atoms with van der Waals surface area (Å²) in [6.07, 6.45) is 0.583. The summed E-state index contributed by atoms with van der Waals surface area (Å²) in [6, 6.07) is 20.0. The Balaban J connectivity index is 1.49. The molecule has 1 fully saturated rings. The molecule has 0 radical (unpaired) electrons. The largest absolute Gasteiger partial charge is 0.497 e. The van der Waals surface area contributed by atoms with Crippen molar-refractivity contribution in [1.82, 2.24) is 0 Å². The van der Waals surface area contributed by atoms with Gasteiger partial charge in [-0.05, 0) is 55.0 Å². The van der Waals surface area contributed by atoms with Crippen LogP contribution in [0.1, 0.15) is 27.1 Å². The first kappa shape index (κ1) is 22.3. The summed E-state index contributed by atoms with van der Waals surface area (Å²) in [5, 5.41) is 5.57. The second-order valence-electron chi connectivity index (χ2n) is 7.47. The summed E-state index contributed by atoms with van der Waals surface area (Å²) in [6.45, 7) is 0.434. The summed E-state index contributed by atoms with van der Waals surface area (Å²) in [5.74, 6) is -0.0510. The summed E-state index contributed by atoms with van der Waals surface area (Å²) in [4.78, 5) is 25.6. The third-order valence-electron chi connectivity index (χ3n) is 5.26. The quantitative estimate of drug-likeness (QED) is 0.577. The molecular formula is C24H23N3O5S. The van der Waals surface area contributed by atoms with Crippen molar-refractivity contribution in [3.05, 3.63) is 83.9 Å². The Morgan fingerprint density at radius 3 is 2.36 bits per heavy atom. The van der Waals surface area contributed by atoms with Crippen LogP contribution in [0, 0.1) is 0 Å². The maximum absolute atomic E-state index is 12.8. The number of carbonyl (C=O) groups is 2. The van der Waals surface area contributed by atoms with Gasteiger partial charge in [0, 0.05) is 23.9 Å². The van der Waals surface area contributed by atoms with E-state index in [0.29, 0.717) is 46.9 Å². The number of benzene rings is 3. The normalized spacial score (nSPS) is 14.5. The number of ether oxygens (including phenoxy) is 1. The Bertz CT molecular complexity index is 1290. The number of methoxy groups -OCH3 is 1. The van der Waals surface area contributed by atoms with Crippen LogP contribution >= 0.6 is 0 Å². The average Bonchev–Trinajstić information content (AvgIpc) is 3.18. The minimum atomic E-state index is -3.29. The molecule has 170 valence electrons. The highest BCUT2D eigenvalue weighted by atomic mass is 32.2. The molecule has 0 aromatic heterocycles. The molecule has 9 heteroatoms. The lowest BCUT2D eigenvalue weighted by Gasteiger charge is -2.17. The van der Waals surface area contributed by atoms with Gasteiger partial charge in [0.2, 0.25) is 10.0 Å². The fourth-order valence-electron chi connectivity index (χ4n) is 3.59. The van der Waals surface area contributed by atoms with E-state index >= 15 is 0 Å². The number of nitrogens with zero attached hydrogens (tertiary/aromatic N) is 1. The van der Waals surface area contributed by atoms with Crippen molar-refractivity contribution in [2.45, 2.75) is 6.42 Å². The molecule has 2 N–H and O–H groups in total. The van der Waals surface area contributed by atoms with E-state index in [4.69, 9.17) is 4.74 Å². The number of anilines is 3. The van der Waals surface area contributed by atoms with Crippen LogP contribution in [0.15, 0.2) is 72.8 Å². The van der Waals surface area contributed by atoms with E-state index in [1.54, 1.807) is 79.9 Å². The topological polar surface area (TPSA) is 105 Å². The molecule has 1 heterocycles. The number of hydrogen-bond acceptors (Lipinski definition) is 5. The van der Waals surface area contributed by atoms with E-state index in [1.807, 2.05) is 0 Å². The summed E-state index contributed by atoms with van der Waals surface area (Å²) in [5.41, 5.74) is 2.09. The van der Waals surface area contributed by atoms with E-state index in [-0.39, 0.29) is 11.7 Å². The lowest BCUT2D eigenvalue weighted by atomic mass is 10.1. The van der Waals surface area contributed by atoms with Gasteiger partial charge in [-0.2, -0.15) is 0 Å². The van der Waals surface area contributed by atoms with Crippen LogP contribution in [0.2, 0.25) is 0 Å². The predicted molar refractivity (Wildman–Crippen MR) is 128 cm³/mol. The van der Waals surface area contributed by atoms with E-state index in [0.717, 1.165) is 0 Å². The lowest BCUT2D eigenvalue weighted by Crippen LogP contribution is -2.25. The second-order valence-corrected chi connectivity index (χ2v) is 9.49. The maximum atomic E-state index is 12.8. The van der Waals surface area contributed by atoms with Gasteiger partial charge < -0.3 is 15.4 Å². The van der Waals surface area contributed by atoms with Crippen molar-refractivity contribution in [2.24, 2.45) is 0 Å². The molecule has 0 spiro atoms. The van der Waals surface area contributed by atoms with Gasteiger partial charge in [-0.15, -0.1) is 0 Å². The van der Waals surface area contributed by atoms with E-state index in [9.17, 15) is 18.0 Å². The van der Waals surface area contributed by atoms with Gasteiger partial charge in [0.15, 0.2) is 0 Å². The number of carbonyl (C=O) groups excluding carboxylic acids is 2. The molecule has 0 saturated carbocycles. The molecule has 3 aromatic carbocycles. The molecule has 8 nitrogen and oxygen atoms in total. The van der Waals surface area contributed by atoms with Gasteiger partial charge >= 0.3 is 0 Å². The monoisotopic (exact) mass is 465 g/mol. The van der Waals surface area contributed by atoms with Gasteiger partial charge in [-0.25, -0.2) is 8.42 Å². The molecule has 33 heavy (non-hydrogen) atoms. The van der Waals surface area contributed by atoms with E-state index < -0.39 is 15.9 Å². The van der Waals surface area contributed by atoms with Crippen molar-refractivity contribution >= 4 is 38.9 Å². The van der Waals surface area contributed by atoms with E-state index in [1.165, 1.54) is 4.31 Å². The Labute approximate surface area is 192 Å². The first-order valence-corrected chi connectivity index (χ1v) is 11.9. The highest BCUT2D eigenvalue weighted by molar-refractivity contribution is 7.93. The zero-order valence-corrected chi connectivity index (χ0v) is 18.8. The number of rotatable bonds is 6. The highest BCUT2D eigenvalue weighted by Crippen LogP contribution is 2.25. The summed E-state index contributed by atoms with van der Waals surface area (Å²) < 4.78 is 30.7.